The van der Waals surface area contributed by atoms with Gasteiger partial charge in [-0.25, -0.2) is 0 Å². The molecule has 1 fully saturated rings. The molecular formula is C11H18O. The van der Waals surface area contributed by atoms with Crippen molar-refractivity contribution in [3.05, 3.63) is 12.7 Å². The van der Waals surface area contributed by atoms with Gasteiger partial charge in [-0.15, -0.1) is 6.58 Å². The van der Waals surface area contributed by atoms with E-state index in [4.69, 9.17) is 0 Å². The van der Waals surface area contributed by atoms with Crippen LogP contribution >= 0.6 is 0 Å². The smallest absolute Gasteiger partial charge is 0.141 e. The van der Waals surface area contributed by atoms with Gasteiger partial charge in [0.05, 0.1) is 0 Å². The highest BCUT2D eigenvalue weighted by molar-refractivity contribution is 5.87. The predicted molar refractivity (Wildman–Crippen MR) is 50.9 cm³/mol. The number of carbonyl (C=O) groups excluding carboxylic acids is 1. The SMILES string of the molecule is C=CC[C@H]1CCCC(C)(C)C1=O. The van der Waals surface area contributed by atoms with Crippen LogP contribution in [0.4, 0.5) is 0 Å². The zero-order valence-corrected chi connectivity index (χ0v) is 8.10. The summed E-state index contributed by atoms with van der Waals surface area (Å²) in [5, 5.41) is 0. The van der Waals surface area contributed by atoms with E-state index in [1.54, 1.807) is 0 Å². The molecule has 0 heterocycles. The Labute approximate surface area is 74.9 Å². The molecule has 0 aliphatic heterocycles. The zero-order valence-electron chi connectivity index (χ0n) is 8.10. The standard InChI is InChI=1S/C11H18O/c1-4-6-9-7-5-8-11(2,3)10(9)12/h4,9H,1,5-8H2,2-3H3/t9-/m0/s1. The van der Waals surface area contributed by atoms with Gasteiger partial charge in [0, 0.05) is 11.3 Å². The third kappa shape index (κ3) is 1.77. The quantitative estimate of drug-likeness (QED) is 0.576. The third-order valence-electron chi connectivity index (χ3n) is 2.84. The average molecular weight is 166 g/mol. The van der Waals surface area contributed by atoms with Crippen molar-refractivity contribution in [2.75, 3.05) is 0 Å². The average Bonchev–Trinajstić information content (AvgIpc) is 1.99. The fourth-order valence-corrected chi connectivity index (χ4v) is 2.02. The first-order valence-electron chi connectivity index (χ1n) is 4.73. The topological polar surface area (TPSA) is 17.1 Å². The van der Waals surface area contributed by atoms with E-state index in [2.05, 4.69) is 20.4 Å². The molecule has 0 saturated heterocycles. The molecule has 1 nitrogen and oxygen atoms in total. The van der Waals surface area contributed by atoms with Gasteiger partial charge in [-0.2, -0.15) is 0 Å². The first-order chi connectivity index (χ1) is 5.58. The van der Waals surface area contributed by atoms with Crippen LogP contribution in [0.15, 0.2) is 12.7 Å². The van der Waals surface area contributed by atoms with Crippen LogP contribution < -0.4 is 0 Å². The second-order valence-corrected chi connectivity index (χ2v) is 4.36. The molecule has 0 bridgehead atoms. The normalized spacial score (nSPS) is 28.5. The van der Waals surface area contributed by atoms with E-state index in [0.29, 0.717) is 5.78 Å². The lowest BCUT2D eigenvalue weighted by Gasteiger charge is -2.33. The van der Waals surface area contributed by atoms with E-state index < -0.39 is 0 Å². The minimum Gasteiger partial charge on any atom is -0.299 e. The van der Waals surface area contributed by atoms with Gasteiger partial charge in [0.25, 0.3) is 0 Å². The molecular weight excluding hydrogens is 148 g/mol. The first kappa shape index (κ1) is 9.50. The second-order valence-electron chi connectivity index (χ2n) is 4.36. The number of rotatable bonds is 2. The van der Waals surface area contributed by atoms with E-state index in [0.717, 1.165) is 19.3 Å². The highest BCUT2D eigenvalue weighted by atomic mass is 16.1. The Kier molecular flexibility index (Phi) is 2.71. The molecule has 0 aromatic rings. The van der Waals surface area contributed by atoms with Gasteiger partial charge < -0.3 is 0 Å². The molecule has 0 aromatic carbocycles. The highest BCUT2D eigenvalue weighted by Crippen LogP contribution is 2.36. The molecule has 1 aliphatic rings. The van der Waals surface area contributed by atoms with E-state index in [1.165, 1.54) is 6.42 Å². The maximum absolute atomic E-state index is 11.8. The van der Waals surface area contributed by atoms with Gasteiger partial charge in [0.2, 0.25) is 0 Å². The van der Waals surface area contributed by atoms with Crippen molar-refractivity contribution < 1.29 is 4.79 Å². The van der Waals surface area contributed by atoms with E-state index in [9.17, 15) is 4.79 Å². The highest BCUT2D eigenvalue weighted by Gasteiger charge is 2.36. The van der Waals surface area contributed by atoms with Crippen LogP contribution in [0.3, 0.4) is 0 Å². The number of allylic oxidation sites excluding steroid dienone is 1. The Morgan fingerprint density at radius 2 is 2.33 bits per heavy atom. The van der Waals surface area contributed by atoms with E-state index in [1.807, 2.05) is 6.08 Å². The molecule has 0 radical (unpaired) electrons. The lowest BCUT2D eigenvalue weighted by Crippen LogP contribution is -2.34. The minimum absolute atomic E-state index is 0.0775. The fourth-order valence-electron chi connectivity index (χ4n) is 2.02. The zero-order chi connectivity index (χ0) is 9.19. The van der Waals surface area contributed by atoms with Crippen molar-refractivity contribution in [3.63, 3.8) is 0 Å². The van der Waals surface area contributed by atoms with Gasteiger partial charge in [0.15, 0.2) is 0 Å². The van der Waals surface area contributed by atoms with Crippen LogP contribution in [0, 0.1) is 11.3 Å². The van der Waals surface area contributed by atoms with Crippen LogP contribution in [0.2, 0.25) is 0 Å². The van der Waals surface area contributed by atoms with Crippen molar-refractivity contribution in [1.29, 1.82) is 0 Å². The third-order valence-corrected chi connectivity index (χ3v) is 2.84. The molecule has 0 unspecified atom stereocenters. The summed E-state index contributed by atoms with van der Waals surface area (Å²) in [6.07, 6.45) is 6.04. The first-order valence-corrected chi connectivity index (χ1v) is 4.73. The van der Waals surface area contributed by atoms with Crippen molar-refractivity contribution in [2.24, 2.45) is 11.3 Å². The van der Waals surface area contributed by atoms with Crippen LogP contribution in [-0.4, -0.2) is 5.78 Å². The van der Waals surface area contributed by atoms with Crippen molar-refractivity contribution >= 4 is 5.78 Å². The van der Waals surface area contributed by atoms with Gasteiger partial charge in [0.1, 0.15) is 5.78 Å². The van der Waals surface area contributed by atoms with Gasteiger partial charge in [-0.05, 0) is 19.3 Å². The summed E-state index contributed by atoms with van der Waals surface area (Å²) in [7, 11) is 0. The summed E-state index contributed by atoms with van der Waals surface area (Å²) >= 11 is 0. The molecule has 1 atom stereocenters. The number of carbonyl (C=O) groups is 1. The summed E-state index contributed by atoms with van der Waals surface area (Å²) in [6.45, 7) is 7.80. The molecule has 0 N–H and O–H groups in total. The lowest BCUT2D eigenvalue weighted by molar-refractivity contribution is -0.134. The minimum atomic E-state index is -0.0775. The Morgan fingerprint density at radius 3 is 2.92 bits per heavy atom. The van der Waals surface area contributed by atoms with Crippen LogP contribution in [0.5, 0.6) is 0 Å². The molecule has 0 amide bonds. The fraction of sp³-hybridized carbons (Fsp3) is 0.727. The number of ketones is 1. The summed E-state index contributed by atoms with van der Waals surface area (Å²) in [5.74, 6) is 0.694. The van der Waals surface area contributed by atoms with Gasteiger partial charge >= 0.3 is 0 Å². The second kappa shape index (κ2) is 3.42. The van der Waals surface area contributed by atoms with E-state index >= 15 is 0 Å². The van der Waals surface area contributed by atoms with Gasteiger partial charge in [-0.3, -0.25) is 4.79 Å². The molecule has 12 heavy (non-hydrogen) atoms. The van der Waals surface area contributed by atoms with Crippen LogP contribution in [-0.2, 0) is 4.79 Å². The summed E-state index contributed by atoms with van der Waals surface area (Å²) < 4.78 is 0. The summed E-state index contributed by atoms with van der Waals surface area (Å²) in [5.41, 5.74) is -0.0775. The van der Waals surface area contributed by atoms with Crippen molar-refractivity contribution in [1.82, 2.24) is 0 Å². The number of hydrogen-bond donors (Lipinski definition) is 0. The lowest BCUT2D eigenvalue weighted by atomic mass is 9.70. The molecule has 0 spiro atoms. The molecule has 68 valence electrons. The van der Waals surface area contributed by atoms with Crippen LogP contribution in [0.1, 0.15) is 39.5 Å². The molecule has 1 saturated carbocycles. The number of Topliss-reactive ketones (excluding diaryl/α,β-unsaturated/α-hetero) is 1. The Hall–Kier alpha value is -0.590. The van der Waals surface area contributed by atoms with Crippen molar-refractivity contribution in [3.8, 4) is 0 Å². The predicted octanol–water partition coefficient (Wildman–Crippen LogP) is 2.96. The number of hydrogen-bond acceptors (Lipinski definition) is 1. The summed E-state index contributed by atoms with van der Waals surface area (Å²) in [6, 6.07) is 0. The largest absolute Gasteiger partial charge is 0.299 e. The summed E-state index contributed by atoms with van der Waals surface area (Å²) in [4.78, 5) is 11.8. The molecule has 0 aromatic heterocycles. The van der Waals surface area contributed by atoms with Crippen LogP contribution in [0.25, 0.3) is 0 Å². The maximum Gasteiger partial charge on any atom is 0.141 e. The van der Waals surface area contributed by atoms with E-state index in [-0.39, 0.29) is 11.3 Å². The Balaban J connectivity index is 2.66. The Bertz CT molecular complexity index is 191. The monoisotopic (exact) mass is 166 g/mol. The molecule has 1 heteroatoms. The molecule has 1 aliphatic carbocycles. The molecule has 1 rings (SSSR count). The maximum atomic E-state index is 11.8. The van der Waals surface area contributed by atoms with Gasteiger partial charge in [-0.1, -0.05) is 26.3 Å². The van der Waals surface area contributed by atoms with Crippen molar-refractivity contribution in [2.45, 2.75) is 39.5 Å². The Morgan fingerprint density at radius 1 is 1.67 bits per heavy atom.